The van der Waals surface area contributed by atoms with Crippen molar-refractivity contribution in [3.63, 3.8) is 0 Å². The summed E-state index contributed by atoms with van der Waals surface area (Å²) < 4.78 is 56.5. The Balaban J connectivity index is 1.88. The van der Waals surface area contributed by atoms with E-state index in [9.17, 15) is 22.4 Å². The molecule has 0 heterocycles. The lowest BCUT2D eigenvalue weighted by Gasteiger charge is -2.08. The largest absolute Gasteiger partial charge is 0.435 e. The summed E-state index contributed by atoms with van der Waals surface area (Å²) in [6, 6.07) is 11.0. The summed E-state index contributed by atoms with van der Waals surface area (Å²) in [5, 5.41) is 2.62. The molecule has 0 aliphatic rings. The van der Waals surface area contributed by atoms with Crippen LogP contribution in [0.1, 0.15) is 15.9 Å². The molecule has 2 rings (SSSR count). The fourth-order valence-corrected chi connectivity index (χ4v) is 1.86. The van der Waals surface area contributed by atoms with Crippen LogP contribution in [0.25, 0.3) is 0 Å². The SMILES string of the molecule is O=C(NCc1ccc(OC(F)F)cc1)c1ccc(OC(F)F)cc1. The predicted molar refractivity (Wildman–Crippen MR) is 77.3 cm³/mol. The van der Waals surface area contributed by atoms with Crippen LogP contribution in [0.15, 0.2) is 48.5 Å². The van der Waals surface area contributed by atoms with E-state index < -0.39 is 19.1 Å². The number of halogens is 4. The van der Waals surface area contributed by atoms with Crippen LogP contribution in [0, 0.1) is 0 Å². The second-order valence-electron chi connectivity index (χ2n) is 4.61. The van der Waals surface area contributed by atoms with E-state index in [1.54, 1.807) is 0 Å². The van der Waals surface area contributed by atoms with Crippen LogP contribution in [0.3, 0.4) is 0 Å². The Morgan fingerprint density at radius 1 is 0.833 bits per heavy atom. The molecule has 0 aliphatic heterocycles. The normalized spacial score (nSPS) is 10.8. The Bertz CT molecular complexity index is 660. The number of ether oxygens (including phenoxy) is 2. The van der Waals surface area contributed by atoms with Crippen LogP contribution < -0.4 is 14.8 Å². The smallest absolute Gasteiger partial charge is 0.387 e. The van der Waals surface area contributed by atoms with Gasteiger partial charge in [-0.05, 0) is 42.0 Å². The Kier molecular flexibility index (Phi) is 6.00. The van der Waals surface area contributed by atoms with Gasteiger partial charge in [0.05, 0.1) is 0 Å². The summed E-state index contributed by atoms with van der Waals surface area (Å²) in [5.74, 6) is -0.433. The van der Waals surface area contributed by atoms with Crippen molar-refractivity contribution >= 4 is 5.91 Å². The number of rotatable bonds is 7. The molecule has 0 fully saturated rings. The number of amides is 1. The maximum atomic E-state index is 12.0. The molecule has 8 heteroatoms. The second kappa shape index (κ2) is 8.19. The first-order valence-corrected chi connectivity index (χ1v) is 6.81. The molecule has 4 nitrogen and oxygen atoms in total. The topological polar surface area (TPSA) is 47.6 Å². The summed E-state index contributed by atoms with van der Waals surface area (Å²) in [7, 11) is 0. The predicted octanol–water partition coefficient (Wildman–Crippen LogP) is 3.82. The molecule has 0 aromatic heterocycles. The van der Waals surface area contributed by atoms with Crippen LogP contribution in [0.2, 0.25) is 0 Å². The number of nitrogens with one attached hydrogen (secondary N) is 1. The average Bonchev–Trinajstić information content (AvgIpc) is 2.53. The quantitative estimate of drug-likeness (QED) is 0.778. The van der Waals surface area contributed by atoms with E-state index in [2.05, 4.69) is 14.8 Å². The van der Waals surface area contributed by atoms with Gasteiger partial charge in [0.25, 0.3) is 5.91 Å². The van der Waals surface area contributed by atoms with Gasteiger partial charge in [0.2, 0.25) is 0 Å². The van der Waals surface area contributed by atoms with Crippen molar-refractivity contribution in [2.75, 3.05) is 0 Å². The van der Waals surface area contributed by atoms with Crippen LogP contribution in [-0.2, 0) is 6.54 Å². The highest BCUT2D eigenvalue weighted by Gasteiger charge is 2.08. The van der Waals surface area contributed by atoms with Gasteiger partial charge in [0, 0.05) is 12.1 Å². The third-order valence-corrected chi connectivity index (χ3v) is 2.94. The lowest BCUT2D eigenvalue weighted by molar-refractivity contribution is -0.0505. The van der Waals surface area contributed by atoms with Crippen molar-refractivity contribution in [1.29, 1.82) is 0 Å². The monoisotopic (exact) mass is 343 g/mol. The van der Waals surface area contributed by atoms with Gasteiger partial charge in [-0.2, -0.15) is 17.6 Å². The third kappa shape index (κ3) is 5.45. The molecule has 0 radical (unpaired) electrons. The Labute approximate surface area is 135 Å². The number of hydrogen-bond acceptors (Lipinski definition) is 3. The van der Waals surface area contributed by atoms with Gasteiger partial charge in [0.15, 0.2) is 0 Å². The lowest BCUT2D eigenvalue weighted by Crippen LogP contribution is -2.22. The first-order chi connectivity index (χ1) is 11.4. The van der Waals surface area contributed by atoms with Crippen molar-refractivity contribution in [3.05, 3.63) is 59.7 Å². The highest BCUT2D eigenvalue weighted by Crippen LogP contribution is 2.16. The van der Waals surface area contributed by atoms with Crippen LogP contribution >= 0.6 is 0 Å². The number of carbonyl (C=O) groups excluding carboxylic acids is 1. The minimum atomic E-state index is -2.93. The molecule has 0 saturated heterocycles. The Hall–Kier alpha value is -2.77. The van der Waals surface area contributed by atoms with E-state index in [4.69, 9.17) is 0 Å². The van der Waals surface area contributed by atoms with Crippen molar-refractivity contribution in [2.45, 2.75) is 19.8 Å². The number of benzene rings is 2. The second-order valence-corrected chi connectivity index (χ2v) is 4.61. The van der Waals surface area contributed by atoms with E-state index in [1.165, 1.54) is 48.5 Å². The Morgan fingerprint density at radius 2 is 1.29 bits per heavy atom. The zero-order chi connectivity index (χ0) is 17.5. The lowest BCUT2D eigenvalue weighted by atomic mass is 10.2. The van der Waals surface area contributed by atoms with Crippen LogP contribution in [-0.4, -0.2) is 19.1 Å². The zero-order valence-electron chi connectivity index (χ0n) is 12.2. The van der Waals surface area contributed by atoms with Crippen molar-refractivity contribution in [1.82, 2.24) is 5.32 Å². The highest BCUT2D eigenvalue weighted by atomic mass is 19.3. The van der Waals surface area contributed by atoms with Gasteiger partial charge in [-0.1, -0.05) is 12.1 Å². The molecule has 0 atom stereocenters. The molecule has 128 valence electrons. The first-order valence-electron chi connectivity index (χ1n) is 6.81. The summed E-state index contributed by atoms with van der Waals surface area (Å²) >= 11 is 0. The van der Waals surface area contributed by atoms with E-state index in [0.717, 1.165) is 0 Å². The molecule has 0 aliphatic carbocycles. The molecule has 1 amide bonds. The number of carbonyl (C=O) groups is 1. The minimum absolute atomic E-state index is 0.0229. The van der Waals surface area contributed by atoms with Gasteiger partial charge in [-0.25, -0.2) is 0 Å². The summed E-state index contributed by atoms with van der Waals surface area (Å²) in [6.07, 6.45) is 0. The van der Waals surface area contributed by atoms with E-state index >= 15 is 0 Å². The van der Waals surface area contributed by atoms with E-state index in [0.29, 0.717) is 5.56 Å². The van der Waals surface area contributed by atoms with Crippen LogP contribution in [0.5, 0.6) is 11.5 Å². The van der Waals surface area contributed by atoms with Crippen molar-refractivity contribution < 1.29 is 31.8 Å². The summed E-state index contributed by atoms with van der Waals surface area (Å²) in [4.78, 5) is 11.9. The Morgan fingerprint density at radius 3 is 1.75 bits per heavy atom. The van der Waals surface area contributed by atoms with Gasteiger partial charge in [-0.3, -0.25) is 4.79 Å². The molecular formula is C16H13F4NO3. The molecule has 0 spiro atoms. The van der Waals surface area contributed by atoms with Crippen molar-refractivity contribution in [2.24, 2.45) is 0 Å². The number of hydrogen-bond donors (Lipinski definition) is 1. The standard InChI is InChI=1S/C16H13F4NO3/c17-15(18)23-12-5-1-10(2-6-12)9-21-14(22)11-3-7-13(8-4-11)24-16(19)20/h1-8,15-16H,9H2,(H,21,22). The van der Waals surface area contributed by atoms with Crippen molar-refractivity contribution in [3.8, 4) is 11.5 Å². The van der Waals surface area contributed by atoms with Gasteiger partial charge in [0.1, 0.15) is 11.5 Å². The van der Waals surface area contributed by atoms with Gasteiger partial charge in [-0.15, -0.1) is 0 Å². The van der Waals surface area contributed by atoms with Crippen LogP contribution in [0.4, 0.5) is 17.6 Å². The molecule has 2 aromatic rings. The molecule has 24 heavy (non-hydrogen) atoms. The molecule has 0 bridgehead atoms. The summed E-state index contributed by atoms with van der Waals surface area (Å²) in [5.41, 5.74) is 0.955. The van der Waals surface area contributed by atoms with E-state index in [-0.39, 0.29) is 23.6 Å². The molecule has 0 unspecified atom stereocenters. The number of alkyl halides is 4. The minimum Gasteiger partial charge on any atom is -0.435 e. The first kappa shape index (κ1) is 17.6. The molecule has 1 N–H and O–H groups in total. The molecule has 0 saturated carbocycles. The van der Waals surface area contributed by atoms with Gasteiger partial charge < -0.3 is 14.8 Å². The highest BCUT2D eigenvalue weighted by molar-refractivity contribution is 5.94. The maximum absolute atomic E-state index is 12.0. The van der Waals surface area contributed by atoms with Gasteiger partial charge >= 0.3 is 13.2 Å². The summed E-state index contributed by atoms with van der Waals surface area (Å²) in [6.45, 7) is -5.66. The fourth-order valence-electron chi connectivity index (χ4n) is 1.86. The molecular weight excluding hydrogens is 330 g/mol. The maximum Gasteiger partial charge on any atom is 0.387 e. The molecule has 2 aromatic carbocycles. The fraction of sp³-hybridized carbons (Fsp3) is 0.188. The average molecular weight is 343 g/mol. The third-order valence-electron chi connectivity index (χ3n) is 2.94. The zero-order valence-corrected chi connectivity index (χ0v) is 12.2. The van der Waals surface area contributed by atoms with E-state index in [1.807, 2.05) is 0 Å².